The van der Waals surface area contributed by atoms with Gasteiger partial charge >= 0.3 is 0 Å². The highest BCUT2D eigenvalue weighted by molar-refractivity contribution is 6.17. The van der Waals surface area contributed by atoms with Crippen molar-refractivity contribution in [2.45, 2.75) is 12.8 Å². The molecule has 72 valence electrons. The second-order valence-electron chi connectivity index (χ2n) is 3.00. The average Bonchev–Trinajstić information content (AvgIpc) is 2.70. The topological polar surface area (TPSA) is 30.7 Å². The number of nitrogens with zero attached hydrogens (tertiary/aromatic N) is 3. The molecule has 0 fully saturated rings. The zero-order valence-electron chi connectivity index (χ0n) is 7.81. The summed E-state index contributed by atoms with van der Waals surface area (Å²) in [6.07, 6.45) is 3.59. The van der Waals surface area contributed by atoms with Gasteiger partial charge in [-0.05, 0) is 24.6 Å². The van der Waals surface area contributed by atoms with Gasteiger partial charge in [-0.25, -0.2) is 9.67 Å². The molecule has 0 N–H and O–H groups in total. The van der Waals surface area contributed by atoms with Crippen LogP contribution in [0.4, 0.5) is 0 Å². The van der Waals surface area contributed by atoms with Crippen LogP contribution >= 0.6 is 11.6 Å². The number of aryl methyl sites for hydroxylation is 1. The Morgan fingerprint density at radius 1 is 1.43 bits per heavy atom. The zero-order valence-corrected chi connectivity index (χ0v) is 8.57. The standard InChI is InChI=1S/C10H10ClN3/c1-8-9(7-11)3-4-10(13-8)14-6-2-5-12-14/h2-6H,7H2,1H3. The Kier molecular flexibility index (Phi) is 2.50. The van der Waals surface area contributed by atoms with Crippen LogP contribution in [0.5, 0.6) is 0 Å². The van der Waals surface area contributed by atoms with Crippen molar-refractivity contribution in [3.8, 4) is 5.82 Å². The summed E-state index contributed by atoms with van der Waals surface area (Å²) in [7, 11) is 0. The van der Waals surface area contributed by atoms with Crippen molar-refractivity contribution in [1.82, 2.24) is 14.8 Å². The van der Waals surface area contributed by atoms with E-state index in [1.165, 1.54) is 0 Å². The third-order valence-electron chi connectivity index (χ3n) is 2.06. The molecule has 4 heteroatoms. The second-order valence-corrected chi connectivity index (χ2v) is 3.27. The average molecular weight is 208 g/mol. The van der Waals surface area contributed by atoms with Gasteiger partial charge in [-0.1, -0.05) is 6.07 Å². The summed E-state index contributed by atoms with van der Waals surface area (Å²) in [5.74, 6) is 1.32. The summed E-state index contributed by atoms with van der Waals surface area (Å²) in [5.41, 5.74) is 2.01. The molecule has 3 nitrogen and oxygen atoms in total. The van der Waals surface area contributed by atoms with Gasteiger partial charge in [0.25, 0.3) is 0 Å². The van der Waals surface area contributed by atoms with Crippen LogP contribution in [0.2, 0.25) is 0 Å². The first-order chi connectivity index (χ1) is 6.81. The van der Waals surface area contributed by atoms with Crippen LogP contribution in [0.1, 0.15) is 11.3 Å². The first-order valence-corrected chi connectivity index (χ1v) is 4.87. The van der Waals surface area contributed by atoms with Gasteiger partial charge < -0.3 is 0 Å². The van der Waals surface area contributed by atoms with Gasteiger partial charge in [-0.3, -0.25) is 0 Å². The Morgan fingerprint density at radius 3 is 2.86 bits per heavy atom. The Labute approximate surface area is 87.3 Å². The normalized spacial score (nSPS) is 10.4. The lowest BCUT2D eigenvalue weighted by molar-refractivity contribution is 0.838. The highest BCUT2D eigenvalue weighted by Gasteiger charge is 2.01. The molecule has 0 saturated carbocycles. The Hall–Kier alpha value is -1.35. The summed E-state index contributed by atoms with van der Waals surface area (Å²) < 4.78 is 1.73. The number of pyridine rings is 1. The summed E-state index contributed by atoms with van der Waals surface area (Å²) in [6, 6.07) is 5.76. The number of halogens is 1. The molecule has 0 amide bonds. The van der Waals surface area contributed by atoms with Crippen molar-refractivity contribution in [2.24, 2.45) is 0 Å². The van der Waals surface area contributed by atoms with Gasteiger partial charge in [0.15, 0.2) is 5.82 Å². The molecule has 0 unspecified atom stereocenters. The molecule has 0 atom stereocenters. The molecule has 0 aromatic carbocycles. The van der Waals surface area contributed by atoms with Gasteiger partial charge in [-0.2, -0.15) is 5.10 Å². The first-order valence-electron chi connectivity index (χ1n) is 4.34. The van der Waals surface area contributed by atoms with E-state index in [1.807, 2.05) is 31.3 Å². The maximum absolute atomic E-state index is 5.75. The van der Waals surface area contributed by atoms with Crippen molar-refractivity contribution in [3.05, 3.63) is 41.9 Å². The van der Waals surface area contributed by atoms with E-state index >= 15 is 0 Å². The zero-order chi connectivity index (χ0) is 9.97. The van der Waals surface area contributed by atoms with E-state index < -0.39 is 0 Å². The minimum Gasteiger partial charge on any atom is -0.234 e. The fourth-order valence-corrected chi connectivity index (χ4v) is 1.53. The summed E-state index contributed by atoms with van der Waals surface area (Å²) in [6.45, 7) is 1.95. The minimum absolute atomic E-state index is 0.498. The van der Waals surface area contributed by atoms with Gasteiger partial charge in [-0.15, -0.1) is 11.6 Å². The molecule has 2 aromatic rings. The molecule has 0 aliphatic rings. The van der Waals surface area contributed by atoms with E-state index in [4.69, 9.17) is 11.6 Å². The molecule has 14 heavy (non-hydrogen) atoms. The lowest BCUT2D eigenvalue weighted by Gasteiger charge is -2.04. The summed E-state index contributed by atoms with van der Waals surface area (Å²) in [4.78, 5) is 4.40. The van der Waals surface area contributed by atoms with Gasteiger partial charge in [0.05, 0.1) is 0 Å². The van der Waals surface area contributed by atoms with Crippen molar-refractivity contribution in [3.63, 3.8) is 0 Å². The van der Waals surface area contributed by atoms with Crippen LogP contribution in [0.3, 0.4) is 0 Å². The van der Waals surface area contributed by atoms with E-state index in [0.717, 1.165) is 17.1 Å². The van der Waals surface area contributed by atoms with Crippen LogP contribution in [0, 0.1) is 6.92 Å². The largest absolute Gasteiger partial charge is 0.234 e. The number of alkyl halides is 1. The number of rotatable bonds is 2. The minimum atomic E-state index is 0.498. The lowest BCUT2D eigenvalue weighted by Crippen LogP contribution is -2.00. The molecule has 0 spiro atoms. The maximum Gasteiger partial charge on any atom is 0.153 e. The highest BCUT2D eigenvalue weighted by Crippen LogP contribution is 2.11. The van der Waals surface area contributed by atoms with Crippen molar-refractivity contribution < 1.29 is 0 Å². The van der Waals surface area contributed by atoms with Crippen LogP contribution in [0.15, 0.2) is 30.6 Å². The number of aromatic nitrogens is 3. The number of hydrogen-bond donors (Lipinski definition) is 0. The van der Waals surface area contributed by atoms with Crippen LogP contribution < -0.4 is 0 Å². The predicted octanol–water partition coefficient (Wildman–Crippen LogP) is 2.31. The van der Waals surface area contributed by atoms with Gasteiger partial charge in [0, 0.05) is 24.0 Å². The molecule has 0 saturated heterocycles. The van der Waals surface area contributed by atoms with Crippen molar-refractivity contribution in [1.29, 1.82) is 0 Å². The van der Waals surface area contributed by atoms with Crippen LogP contribution in [-0.4, -0.2) is 14.8 Å². The SMILES string of the molecule is Cc1nc(-n2cccn2)ccc1CCl. The molecular formula is C10H10ClN3. The Balaban J connectivity index is 2.43. The molecule has 2 aromatic heterocycles. The van der Waals surface area contributed by atoms with E-state index in [-0.39, 0.29) is 0 Å². The molecule has 0 bridgehead atoms. The van der Waals surface area contributed by atoms with E-state index in [9.17, 15) is 0 Å². The Bertz CT molecular complexity index is 423. The summed E-state index contributed by atoms with van der Waals surface area (Å²) in [5, 5.41) is 4.10. The molecule has 0 aliphatic heterocycles. The predicted molar refractivity (Wildman–Crippen MR) is 55.7 cm³/mol. The quantitative estimate of drug-likeness (QED) is 0.708. The third kappa shape index (κ3) is 1.63. The summed E-state index contributed by atoms with van der Waals surface area (Å²) >= 11 is 5.75. The van der Waals surface area contributed by atoms with E-state index in [2.05, 4.69) is 10.1 Å². The van der Waals surface area contributed by atoms with Crippen LogP contribution in [0.25, 0.3) is 5.82 Å². The molecule has 2 heterocycles. The monoisotopic (exact) mass is 207 g/mol. The van der Waals surface area contributed by atoms with E-state index in [1.54, 1.807) is 10.9 Å². The van der Waals surface area contributed by atoms with Gasteiger partial charge in [0.1, 0.15) is 0 Å². The fraction of sp³-hybridized carbons (Fsp3) is 0.200. The van der Waals surface area contributed by atoms with Crippen LogP contribution in [-0.2, 0) is 5.88 Å². The molecule has 0 radical (unpaired) electrons. The fourth-order valence-electron chi connectivity index (χ4n) is 1.25. The molecular weight excluding hydrogens is 198 g/mol. The van der Waals surface area contributed by atoms with E-state index in [0.29, 0.717) is 5.88 Å². The smallest absolute Gasteiger partial charge is 0.153 e. The first kappa shape index (κ1) is 9.21. The molecule has 0 aliphatic carbocycles. The van der Waals surface area contributed by atoms with Crippen molar-refractivity contribution >= 4 is 11.6 Å². The van der Waals surface area contributed by atoms with Crippen molar-refractivity contribution in [2.75, 3.05) is 0 Å². The van der Waals surface area contributed by atoms with Gasteiger partial charge in [0.2, 0.25) is 0 Å². The second kappa shape index (κ2) is 3.80. The lowest BCUT2D eigenvalue weighted by atomic mass is 10.2. The third-order valence-corrected chi connectivity index (χ3v) is 2.35. The highest BCUT2D eigenvalue weighted by atomic mass is 35.5. The molecule has 2 rings (SSSR count). The number of hydrogen-bond acceptors (Lipinski definition) is 2. The Morgan fingerprint density at radius 2 is 2.29 bits per heavy atom. The maximum atomic E-state index is 5.75.